The average Bonchev–Trinajstić information content (AvgIpc) is 3.11. The van der Waals surface area contributed by atoms with Gasteiger partial charge in [-0.3, -0.25) is 4.79 Å². The first-order valence-corrected chi connectivity index (χ1v) is 8.19. The van der Waals surface area contributed by atoms with Crippen LogP contribution >= 0.6 is 0 Å². The molecule has 2 saturated heterocycles. The van der Waals surface area contributed by atoms with Crippen LogP contribution in [0.5, 0.6) is 5.75 Å². The lowest BCUT2D eigenvalue weighted by Gasteiger charge is -2.30. The molecule has 1 aromatic rings. The third kappa shape index (κ3) is 3.08. The third-order valence-corrected chi connectivity index (χ3v) is 5.34. The number of rotatable bonds is 4. The van der Waals surface area contributed by atoms with Gasteiger partial charge in [0.05, 0.1) is 13.7 Å². The van der Waals surface area contributed by atoms with E-state index < -0.39 is 0 Å². The van der Waals surface area contributed by atoms with E-state index in [9.17, 15) is 4.79 Å². The number of nitrogens with zero attached hydrogens (tertiary/aromatic N) is 2. The van der Waals surface area contributed by atoms with Crippen LogP contribution < -0.4 is 4.74 Å². The van der Waals surface area contributed by atoms with Crippen LogP contribution in [0.15, 0.2) is 24.3 Å². The van der Waals surface area contributed by atoms with Crippen molar-refractivity contribution in [1.29, 1.82) is 0 Å². The Kier molecular flexibility index (Phi) is 4.60. The zero-order valence-corrected chi connectivity index (χ0v) is 14.2. The summed E-state index contributed by atoms with van der Waals surface area (Å²) < 4.78 is 10.7. The van der Waals surface area contributed by atoms with Crippen molar-refractivity contribution in [3.63, 3.8) is 0 Å². The molecule has 0 aromatic heterocycles. The molecule has 2 atom stereocenters. The van der Waals surface area contributed by atoms with Crippen LogP contribution in [0.25, 0.3) is 0 Å². The molecule has 5 nitrogen and oxygen atoms in total. The van der Waals surface area contributed by atoms with E-state index in [0.717, 1.165) is 45.0 Å². The van der Waals surface area contributed by atoms with Crippen molar-refractivity contribution in [2.75, 3.05) is 54.1 Å². The molecule has 5 heteroatoms. The van der Waals surface area contributed by atoms with E-state index in [0.29, 0.717) is 11.5 Å². The molecule has 2 fully saturated rings. The number of carbonyl (C=O) groups is 1. The molecule has 1 spiro atoms. The van der Waals surface area contributed by atoms with E-state index >= 15 is 0 Å². The average molecular weight is 318 g/mol. The number of amides is 1. The van der Waals surface area contributed by atoms with Gasteiger partial charge >= 0.3 is 0 Å². The predicted molar refractivity (Wildman–Crippen MR) is 88.8 cm³/mol. The van der Waals surface area contributed by atoms with Gasteiger partial charge in [-0.25, -0.2) is 0 Å². The summed E-state index contributed by atoms with van der Waals surface area (Å²) in [6, 6.07) is 7.42. The summed E-state index contributed by atoms with van der Waals surface area (Å²) in [5, 5.41) is 0. The number of likely N-dealkylation sites (tertiary alicyclic amines) is 2. The summed E-state index contributed by atoms with van der Waals surface area (Å²) in [4.78, 5) is 17.2. The first-order chi connectivity index (χ1) is 11.1. The van der Waals surface area contributed by atoms with Gasteiger partial charge in [0.25, 0.3) is 5.91 Å². The van der Waals surface area contributed by atoms with Crippen molar-refractivity contribution in [1.82, 2.24) is 9.80 Å². The summed E-state index contributed by atoms with van der Waals surface area (Å²) in [6.45, 7) is 4.51. The lowest BCUT2D eigenvalue weighted by molar-refractivity contribution is 0.0715. The van der Waals surface area contributed by atoms with Gasteiger partial charge in [-0.1, -0.05) is 6.07 Å². The Balaban J connectivity index is 1.74. The molecule has 2 aliphatic heterocycles. The van der Waals surface area contributed by atoms with E-state index in [1.54, 1.807) is 14.2 Å². The molecule has 2 aliphatic rings. The molecule has 1 aromatic carbocycles. The van der Waals surface area contributed by atoms with Crippen LogP contribution in [0, 0.1) is 11.3 Å². The molecule has 0 bridgehead atoms. The lowest BCUT2D eigenvalue weighted by atomic mass is 9.77. The Bertz CT molecular complexity index is 577. The summed E-state index contributed by atoms with van der Waals surface area (Å²) >= 11 is 0. The second-order valence-electron chi connectivity index (χ2n) is 6.92. The molecule has 3 rings (SSSR count). The van der Waals surface area contributed by atoms with Crippen LogP contribution in [0.2, 0.25) is 0 Å². The van der Waals surface area contributed by atoms with Crippen LogP contribution in [0.3, 0.4) is 0 Å². The summed E-state index contributed by atoms with van der Waals surface area (Å²) in [7, 11) is 5.54. The molecule has 126 valence electrons. The van der Waals surface area contributed by atoms with Gasteiger partial charge < -0.3 is 19.3 Å². The minimum Gasteiger partial charge on any atom is -0.497 e. The molecular weight excluding hydrogens is 292 g/mol. The number of carbonyl (C=O) groups excluding carboxylic acids is 1. The fourth-order valence-corrected chi connectivity index (χ4v) is 4.20. The lowest BCUT2D eigenvalue weighted by Crippen LogP contribution is -2.38. The summed E-state index contributed by atoms with van der Waals surface area (Å²) in [6.07, 6.45) is 1.06. The fourth-order valence-electron chi connectivity index (χ4n) is 4.20. The molecule has 0 aliphatic carbocycles. The quantitative estimate of drug-likeness (QED) is 0.848. The van der Waals surface area contributed by atoms with Gasteiger partial charge in [0.2, 0.25) is 0 Å². The minimum absolute atomic E-state index is 0.103. The zero-order chi connectivity index (χ0) is 16.4. The predicted octanol–water partition coefficient (Wildman–Crippen LogP) is 1.74. The maximum Gasteiger partial charge on any atom is 0.254 e. The molecule has 0 saturated carbocycles. The fraction of sp³-hybridized carbons (Fsp3) is 0.611. The topological polar surface area (TPSA) is 42.0 Å². The molecule has 0 N–H and O–H groups in total. The highest BCUT2D eigenvalue weighted by atomic mass is 16.5. The van der Waals surface area contributed by atoms with E-state index in [2.05, 4.69) is 11.9 Å². The Labute approximate surface area is 138 Å². The number of hydrogen-bond acceptors (Lipinski definition) is 4. The first kappa shape index (κ1) is 16.3. The van der Waals surface area contributed by atoms with Gasteiger partial charge in [0, 0.05) is 50.2 Å². The maximum atomic E-state index is 12.8. The molecule has 0 unspecified atom stereocenters. The molecule has 2 heterocycles. The van der Waals surface area contributed by atoms with Crippen molar-refractivity contribution in [3.05, 3.63) is 29.8 Å². The van der Waals surface area contributed by atoms with Crippen molar-refractivity contribution >= 4 is 5.91 Å². The third-order valence-electron chi connectivity index (χ3n) is 5.34. The van der Waals surface area contributed by atoms with E-state index in [1.807, 2.05) is 29.2 Å². The van der Waals surface area contributed by atoms with Gasteiger partial charge in [-0.2, -0.15) is 0 Å². The van der Waals surface area contributed by atoms with Crippen molar-refractivity contribution in [2.45, 2.75) is 6.42 Å². The number of hydrogen-bond donors (Lipinski definition) is 0. The Hall–Kier alpha value is -1.59. The summed E-state index contributed by atoms with van der Waals surface area (Å²) in [5.74, 6) is 1.33. The molecule has 1 amide bonds. The maximum absolute atomic E-state index is 12.8. The van der Waals surface area contributed by atoms with Gasteiger partial charge in [-0.05, 0) is 31.7 Å². The standard InChI is InChI=1S/C18H26N2O3/c1-19-10-15(11-22-2)18(12-19)7-8-20(13-18)17(21)14-5-4-6-16(9-14)23-3/h4-6,9,15H,7-8,10-13H2,1-3H3/t15-,18-/m1/s1. The van der Waals surface area contributed by atoms with Crippen molar-refractivity contribution in [2.24, 2.45) is 11.3 Å². The van der Waals surface area contributed by atoms with Gasteiger partial charge in [0.15, 0.2) is 0 Å². The van der Waals surface area contributed by atoms with Gasteiger partial charge in [0.1, 0.15) is 5.75 Å². The van der Waals surface area contributed by atoms with Crippen molar-refractivity contribution < 1.29 is 14.3 Å². The molecule has 23 heavy (non-hydrogen) atoms. The minimum atomic E-state index is 0.103. The van der Waals surface area contributed by atoms with Crippen LogP contribution in [0.4, 0.5) is 0 Å². The SMILES string of the molecule is COC[C@H]1CN(C)C[C@@]12CCN(C(=O)c1cccc(OC)c1)C2. The number of methoxy groups -OCH3 is 2. The Morgan fingerprint density at radius 3 is 2.91 bits per heavy atom. The van der Waals surface area contributed by atoms with Crippen LogP contribution in [0.1, 0.15) is 16.8 Å². The van der Waals surface area contributed by atoms with E-state index in [-0.39, 0.29) is 11.3 Å². The van der Waals surface area contributed by atoms with E-state index in [1.165, 1.54) is 0 Å². The Morgan fingerprint density at radius 2 is 2.17 bits per heavy atom. The van der Waals surface area contributed by atoms with Crippen LogP contribution in [-0.2, 0) is 4.74 Å². The molecule has 0 radical (unpaired) electrons. The Morgan fingerprint density at radius 1 is 1.35 bits per heavy atom. The second kappa shape index (κ2) is 6.49. The van der Waals surface area contributed by atoms with Crippen LogP contribution in [-0.4, -0.2) is 69.8 Å². The normalized spacial score (nSPS) is 27.8. The number of benzene rings is 1. The summed E-state index contributed by atoms with van der Waals surface area (Å²) in [5.41, 5.74) is 0.885. The van der Waals surface area contributed by atoms with E-state index in [4.69, 9.17) is 9.47 Å². The largest absolute Gasteiger partial charge is 0.497 e. The number of ether oxygens (including phenoxy) is 2. The monoisotopic (exact) mass is 318 g/mol. The first-order valence-electron chi connectivity index (χ1n) is 8.19. The zero-order valence-electron chi connectivity index (χ0n) is 14.2. The highest BCUT2D eigenvalue weighted by molar-refractivity contribution is 5.94. The molecular formula is C18H26N2O3. The second-order valence-corrected chi connectivity index (χ2v) is 6.92. The smallest absolute Gasteiger partial charge is 0.254 e. The highest BCUT2D eigenvalue weighted by Gasteiger charge is 2.50. The van der Waals surface area contributed by atoms with Crippen molar-refractivity contribution in [3.8, 4) is 5.75 Å². The van der Waals surface area contributed by atoms with Gasteiger partial charge in [-0.15, -0.1) is 0 Å². The highest BCUT2D eigenvalue weighted by Crippen LogP contribution is 2.43.